The summed E-state index contributed by atoms with van der Waals surface area (Å²) in [5.41, 5.74) is 4.13. The summed E-state index contributed by atoms with van der Waals surface area (Å²) in [6, 6.07) is 16.7. The van der Waals surface area contributed by atoms with E-state index in [2.05, 4.69) is 41.7 Å². The molecule has 144 valence electrons. The van der Waals surface area contributed by atoms with Crippen LogP contribution in [0.25, 0.3) is 0 Å². The van der Waals surface area contributed by atoms with Gasteiger partial charge in [0.1, 0.15) is 5.75 Å². The van der Waals surface area contributed by atoms with E-state index < -0.39 is 6.10 Å². The van der Waals surface area contributed by atoms with Crippen LogP contribution < -0.4 is 10.1 Å². The van der Waals surface area contributed by atoms with E-state index in [0.29, 0.717) is 13.0 Å². The van der Waals surface area contributed by atoms with Crippen LogP contribution in [0.5, 0.6) is 5.75 Å². The number of rotatable bonds is 9. The smallest absolute Gasteiger partial charge is 0.261 e. The number of amides is 1. The summed E-state index contributed by atoms with van der Waals surface area (Å²) in [7, 11) is 0. The molecule has 1 N–H and O–H groups in total. The highest BCUT2D eigenvalue weighted by atomic mass is 32.2. The van der Waals surface area contributed by atoms with Gasteiger partial charge in [0, 0.05) is 18.1 Å². The molecule has 0 fully saturated rings. The zero-order valence-corrected chi connectivity index (χ0v) is 16.9. The van der Waals surface area contributed by atoms with Gasteiger partial charge in [0.15, 0.2) is 6.10 Å². The van der Waals surface area contributed by atoms with E-state index >= 15 is 0 Å². The summed E-state index contributed by atoms with van der Waals surface area (Å²) in [4.78, 5) is 12.5. The molecule has 0 radical (unpaired) electrons. The normalized spacial score (nSPS) is 14.3. The minimum Gasteiger partial charge on any atom is -0.481 e. The van der Waals surface area contributed by atoms with E-state index in [1.807, 2.05) is 30.8 Å². The van der Waals surface area contributed by atoms with Crippen LogP contribution in [0.15, 0.2) is 48.5 Å². The van der Waals surface area contributed by atoms with Crippen LogP contribution in [-0.2, 0) is 23.4 Å². The first kappa shape index (κ1) is 19.8. The van der Waals surface area contributed by atoms with E-state index in [4.69, 9.17) is 4.74 Å². The van der Waals surface area contributed by atoms with Gasteiger partial charge in [0.2, 0.25) is 0 Å². The first-order chi connectivity index (χ1) is 13.3. The number of benzene rings is 2. The number of carbonyl (C=O) groups excluding carboxylic acids is 1. The second-order valence-corrected chi connectivity index (χ2v) is 8.09. The van der Waals surface area contributed by atoms with E-state index in [9.17, 15) is 4.79 Å². The lowest BCUT2D eigenvalue weighted by molar-refractivity contribution is -0.127. The number of nitrogens with one attached hydrogen (secondary N) is 1. The third kappa shape index (κ3) is 6.03. The number of carbonyl (C=O) groups is 1. The van der Waals surface area contributed by atoms with E-state index in [1.54, 1.807) is 0 Å². The molecule has 1 atom stereocenters. The molecule has 0 spiro atoms. The Labute approximate surface area is 166 Å². The molecule has 1 aliphatic rings. The molecule has 2 aromatic carbocycles. The first-order valence-corrected chi connectivity index (χ1v) is 11.1. The Morgan fingerprint density at radius 2 is 1.89 bits per heavy atom. The molecule has 0 saturated carbocycles. The maximum absolute atomic E-state index is 12.5. The number of fused-ring (bicyclic) bond motifs is 1. The predicted molar refractivity (Wildman–Crippen MR) is 113 cm³/mol. The highest BCUT2D eigenvalue weighted by molar-refractivity contribution is 7.98. The Morgan fingerprint density at radius 1 is 1.11 bits per heavy atom. The summed E-state index contributed by atoms with van der Waals surface area (Å²) in [5, 5.41) is 3.02. The van der Waals surface area contributed by atoms with Crippen molar-refractivity contribution in [3.8, 4) is 5.75 Å². The molecule has 3 nitrogen and oxygen atoms in total. The fourth-order valence-electron chi connectivity index (χ4n) is 3.39. The van der Waals surface area contributed by atoms with Gasteiger partial charge in [-0.05, 0) is 60.9 Å². The van der Waals surface area contributed by atoms with Crippen LogP contribution >= 0.6 is 11.8 Å². The molecule has 0 heterocycles. The van der Waals surface area contributed by atoms with Crippen LogP contribution in [-0.4, -0.2) is 24.3 Å². The third-order valence-corrected chi connectivity index (χ3v) is 5.95. The van der Waals surface area contributed by atoms with E-state index in [-0.39, 0.29) is 5.91 Å². The van der Waals surface area contributed by atoms with Crippen molar-refractivity contribution in [2.45, 2.75) is 50.9 Å². The Balaban J connectivity index is 1.42. The molecule has 1 amide bonds. The molecular weight excluding hydrogens is 354 g/mol. The molecule has 0 unspecified atom stereocenters. The maximum Gasteiger partial charge on any atom is 0.261 e. The average Bonchev–Trinajstić information content (AvgIpc) is 2.72. The van der Waals surface area contributed by atoms with Gasteiger partial charge in [0.05, 0.1) is 0 Å². The van der Waals surface area contributed by atoms with Crippen molar-refractivity contribution in [3.63, 3.8) is 0 Å². The largest absolute Gasteiger partial charge is 0.481 e. The highest BCUT2D eigenvalue weighted by Gasteiger charge is 2.19. The zero-order chi connectivity index (χ0) is 18.9. The van der Waals surface area contributed by atoms with Crippen molar-refractivity contribution in [2.24, 2.45) is 0 Å². The molecule has 27 heavy (non-hydrogen) atoms. The Hall–Kier alpha value is -1.94. The average molecular weight is 384 g/mol. The molecule has 2 aromatic rings. The van der Waals surface area contributed by atoms with Gasteiger partial charge in [-0.25, -0.2) is 0 Å². The quantitative estimate of drug-likeness (QED) is 0.634. The van der Waals surface area contributed by atoms with E-state index in [1.165, 1.54) is 29.5 Å². The molecule has 0 bridgehead atoms. The van der Waals surface area contributed by atoms with Crippen LogP contribution in [0.4, 0.5) is 0 Å². The lowest BCUT2D eigenvalue weighted by Gasteiger charge is -2.20. The third-order valence-electron chi connectivity index (χ3n) is 4.92. The number of aryl methyl sites for hydroxylation is 2. The Kier molecular flexibility index (Phi) is 7.64. The molecule has 0 aromatic heterocycles. The topological polar surface area (TPSA) is 38.3 Å². The summed E-state index contributed by atoms with van der Waals surface area (Å²) in [5.74, 6) is 2.67. The van der Waals surface area contributed by atoms with Gasteiger partial charge in [-0.3, -0.25) is 4.79 Å². The van der Waals surface area contributed by atoms with Crippen molar-refractivity contribution >= 4 is 17.7 Å². The minimum absolute atomic E-state index is 0.0180. The SMILES string of the molecule is CC[C@@H](Oc1ccc2c(c1)CCCC2)C(=O)NCCSCc1ccccc1. The lowest BCUT2D eigenvalue weighted by Crippen LogP contribution is -2.39. The van der Waals surface area contributed by atoms with Crippen LogP contribution in [0.3, 0.4) is 0 Å². The van der Waals surface area contributed by atoms with Crippen molar-refractivity contribution in [2.75, 3.05) is 12.3 Å². The van der Waals surface area contributed by atoms with Gasteiger partial charge in [-0.1, -0.05) is 43.3 Å². The fraction of sp³-hybridized carbons (Fsp3) is 0.435. The second kappa shape index (κ2) is 10.4. The van der Waals surface area contributed by atoms with Crippen LogP contribution in [0, 0.1) is 0 Å². The Morgan fingerprint density at radius 3 is 2.67 bits per heavy atom. The zero-order valence-electron chi connectivity index (χ0n) is 16.1. The Bertz CT molecular complexity index is 732. The number of hydrogen-bond acceptors (Lipinski definition) is 3. The van der Waals surface area contributed by atoms with Gasteiger partial charge in [0.25, 0.3) is 5.91 Å². The molecule has 1 aliphatic carbocycles. The van der Waals surface area contributed by atoms with Gasteiger partial charge < -0.3 is 10.1 Å². The molecule has 0 aliphatic heterocycles. The molecule has 3 rings (SSSR count). The highest BCUT2D eigenvalue weighted by Crippen LogP contribution is 2.26. The van der Waals surface area contributed by atoms with Gasteiger partial charge in [-0.15, -0.1) is 0 Å². The molecule has 4 heteroatoms. The molecule has 0 saturated heterocycles. The number of hydrogen-bond donors (Lipinski definition) is 1. The summed E-state index contributed by atoms with van der Waals surface area (Å²) in [6.07, 6.45) is 5.04. The minimum atomic E-state index is -0.425. The van der Waals surface area contributed by atoms with Crippen molar-refractivity contribution in [3.05, 3.63) is 65.2 Å². The van der Waals surface area contributed by atoms with Crippen LogP contribution in [0.1, 0.15) is 42.9 Å². The summed E-state index contributed by atoms with van der Waals surface area (Å²) >= 11 is 1.83. The van der Waals surface area contributed by atoms with Gasteiger partial charge in [-0.2, -0.15) is 11.8 Å². The standard InChI is InChI=1S/C23H29NO2S/c1-2-22(26-21-13-12-19-10-6-7-11-20(19)16-21)23(25)24-14-15-27-17-18-8-4-3-5-9-18/h3-5,8-9,12-13,16,22H,2,6-7,10-11,14-15,17H2,1H3,(H,24,25)/t22-/m1/s1. The summed E-state index contributed by atoms with van der Waals surface area (Å²) in [6.45, 7) is 2.66. The lowest BCUT2D eigenvalue weighted by atomic mass is 9.92. The van der Waals surface area contributed by atoms with E-state index in [0.717, 1.165) is 30.1 Å². The summed E-state index contributed by atoms with van der Waals surface area (Å²) < 4.78 is 6.00. The number of thioether (sulfide) groups is 1. The maximum atomic E-state index is 12.5. The predicted octanol–water partition coefficient (Wildman–Crippen LogP) is 4.77. The van der Waals surface area contributed by atoms with Crippen LogP contribution in [0.2, 0.25) is 0 Å². The van der Waals surface area contributed by atoms with Crippen molar-refractivity contribution in [1.82, 2.24) is 5.32 Å². The second-order valence-electron chi connectivity index (χ2n) is 6.98. The monoisotopic (exact) mass is 383 g/mol. The van der Waals surface area contributed by atoms with Crippen molar-refractivity contribution < 1.29 is 9.53 Å². The number of ether oxygens (including phenoxy) is 1. The van der Waals surface area contributed by atoms with Crippen molar-refractivity contribution in [1.29, 1.82) is 0 Å². The van der Waals surface area contributed by atoms with Gasteiger partial charge >= 0.3 is 0 Å². The fourth-order valence-corrected chi connectivity index (χ4v) is 4.21. The molecular formula is C23H29NO2S. The first-order valence-electron chi connectivity index (χ1n) is 9.94.